The van der Waals surface area contributed by atoms with E-state index in [2.05, 4.69) is 15.0 Å². The summed E-state index contributed by atoms with van der Waals surface area (Å²) in [6, 6.07) is 3.11. The average molecular weight is 315 g/mol. The highest BCUT2D eigenvalue weighted by Gasteiger charge is 2.15. The van der Waals surface area contributed by atoms with Crippen molar-refractivity contribution in [3.05, 3.63) is 34.0 Å². The maximum Gasteiger partial charge on any atom is 0.273 e. The van der Waals surface area contributed by atoms with Gasteiger partial charge in [0.15, 0.2) is 0 Å². The predicted octanol–water partition coefficient (Wildman–Crippen LogP) is 1.28. The zero-order chi connectivity index (χ0) is 14.6. The lowest BCUT2D eigenvalue weighted by atomic mass is 10.4. The third-order valence-corrected chi connectivity index (χ3v) is 4.97. The molecule has 0 atom stereocenters. The number of thiazole rings is 1. The number of aryl methyl sites for hydroxylation is 1. The molecule has 2 heterocycles. The number of furan rings is 1. The molecular weight excluding hydrogens is 298 g/mol. The SMILES string of the molecule is CNS(=O)(=O)c1ccc(CNCCc2nc(C)cs2)o1. The smallest absolute Gasteiger partial charge is 0.273 e. The normalized spacial score (nSPS) is 11.9. The Morgan fingerprint density at radius 2 is 2.20 bits per heavy atom. The molecule has 20 heavy (non-hydrogen) atoms. The minimum atomic E-state index is -3.50. The van der Waals surface area contributed by atoms with Crippen LogP contribution in [0.4, 0.5) is 0 Å². The van der Waals surface area contributed by atoms with Crippen molar-refractivity contribution in [3.8, 4) is 0 Å². The maximum absolute atomic E-state index is 11.5. The fourth-order valence-corrected chi connectivity index (χ4v) is 3.06. The lowest BCUT2D eigenvalue weighted by Gasteiger charge is -2.01. The Balaban J connectivity index is 1.80. The van der Waals surface area contributed by atoms with Gasteiger partial charge in [-0.1, -0.05) is 0 Å². The van der Waals surface area contributed by atoms with Crippen molar-refractivity contribution in [3.63, 3.8) is 0 Å². The largest absolute Gasteiger partial charge is 0.447 e. The summed E-state index contributed by atoms with van der Waals surface area (Å²) in [6.45, 7) is 3.23. The van der Waals surface area contributed by atoms with Gasteiger partial charge in [0.2, 0.25) is 5.09 Å². The molecule has 0 fully saturated rings. The summed E-state index contributed by atoms with van der Waals surface area (Å²) in [5, 5.41) is 6.25. The summed E-state index contributed by atoms with van der Waals surface area (Å²) in [5.74, 6) is 0.592. The van der Waals surface area contributed by atoms with E-state index in [9.17, 15) is 8.42 Å². The Hall–Kier alpha value is -1.22. The van der Waals surface area contributed by atoms with Crippen LogP contribution in [0, 0.1) is 6.92 Å². The number of hydrogen-bond donors (Lipinski definition) is 2. The minimum Gasteiger partial charge on any atom is -0.447 e. The number of nitrogens with zero attached hydrogens (tertiary/aromatic N) is 1. The van der Waals surface area contributed by atoms with Gasteiger partial charge >= 0.3 is 0 Å². The van der Waals surface area contributed by atoms with E-state index >= 15 is 0 Å². The highest BCUT2D eigenvalue weighted by atomic mass is 32.2. The van der Waals surface area contributed by atoms with E-state index in [1.165, 1.54) is 13.1 Å². The second-order valence-electron chi connectivity index (χ2n) is 4.24. The van der Waals surface area contributed by atoms with Gasteiger partial charge in [-0.25, -0.2) is 18.1 Å². The molecule has 0 bridgehead atoms. The van der Waals surface area contributed by atoms with Crippen LogP contribution in [0.2, 0.25) is 0 Å². The van der Waals surface area contributed by atoms with Gasteiger partial charge in [0.25, 0.3) is 10.0 Å². The average Bonchev–Trinajstić information content (AvgIpc) is 3.04. The molecule has 0 unspecified atom stereocenters. The van der Waals surface area contributed by atoms with Crippen molar-refractivity contribution in [2.75, 3.05) is 13.6 Å². The molecular formula is C12H17N3O3S2. The summed E-state index contributed by atoms with van der Waals surface area (Å²) in [4.78, 5) is 4.37. The van der Waals surface area contributed by atoms with Crippen molar-refractivity contribution in [2.24, 2.45) is 0 Å². The summed E-state index contributed by atoms with van der Waals surface area (Å²) in [5.41, 5.74) is 1.04. The lowest BCUT2D eigenvalue weighted by molar-refractivity contribution is 0.401. The topological polar surface area (TPSA) is 84.2 Å². The van der Waals surface area contributed by atoms with Gasteiger partial charge in [0, 0.05) is 24.0 Å². The van der Waals surface area contributed by atoms with E-state index in [0.717, 1.165) is 23.7 Å². The summed E-state index contributed by atoms with van der Waals surface area (Å²) in [6.07, 6.45) is 0.848. The fourth-order valence-electron chi connectivity index (χ4n) is 1.62. The van der Waals surface area contributed by atoms with Crippen LogP contribution in [0.5, 0.6) is 0 Å². The number of nitrogens with one attached hydrogen (secondary N) is 2. The van der Waals surface area contributed by atoms with E-state index in [1.807, 2.05) is 12.3 Å². The van der Waals surface area contributed by atoms with E-state index in [1.54, 1.807) is 17.4 Å². The molecule has 0 saturated carbocycles. The minimum absolute atomic E-state index is 0.0626. The van der Waals surface area contributed by atoms with Crippen LogP contribution in [-0.2, 0) is 23.0 Å². The third kappa shape index (κ3) is 3.89. The molecule has 0 spiro atoms. The fraction of sp³-hybridized carbons (Fsp3) is 0.417. The Bertz CT molecular complexity index is 661. The first-order valence-corrected chi connectivity index (χ1v) is 8.51. The third-order valence-electron chi connectivity index (χ3n) is 2.65. The first-order valence-electron chi connectivity index (χ1n) is 6.15. The quantitative estimate of drug-likeness (QED) is 0.752. The van der Waals surface area contributed by atoms with Gasteiger partial charge in [-0.3, -0.25) is 0 Å². The summed E-state index contributed by atoms with van der Waals surface area (Å²) in [7, 11) is -2.15. The molecule has 0 aliphatic rings. The maximum atomic E-state index is 11.5. The first-order chi connectivity index (χ1) is 9.51. The van der Waals surface area contributed by atoms with Gasteiger partial charge in [0.1, 0.15) is 5.76 Å². The van der Waals surface area contributed by atoms with Crippen molar-refractivity contribution >= 4 is 21.4 Å². The van der Waals surface area contributed by atoms with E-state index < -0.39 is 10.0 Å². The number of hydrogen-bond acceptors (Lipinski definition) is 6. The molecule has 8 heteroatoms. The van der Waals surface area contributed by atoms with E-state index in [4.69, 9.17) is 4.42 Å². The Morgan fingerprint density at radius 3 is 2.85 bits per heavy atom. The highest BCUT2D eigenvalue weighted by molar-refractivity contribution is 7.89. The molecule has 0 aromatic carbocycles. The molecule has 0 aliphatic carbocycles. The van der Waals surface area contributed by atoms with Crippen LogP contribution in [-0.4, -0.2) is 27.0 Å². The Labute approximate surface area is 122 Å². The van der Waals surface area contributed by atoms with Gasteiger partial charge in [0.05, 0.1) is 11.6 Å². The standard InChI is InChI=1S/C12H17N3O3S2/c1-9-8-19-11(15-9)5-6-14-7-10-3-4-12(18-10)20(16,17)13-2/h3-4,8,13-14H,5-7H2,1-2H3. The Morgan fingerprint density at radius 1 is 1.40 bits per heavy atom. The number of aromatic nitrogens is 1. The predicted molar refractivity (Wildman–Crippen MR) is 77.2 cm³/mol. The van der Waals surface area contributed by atoms with Crippen LogP contribution in [0.1, 0.15) is 16.5 Å². The molecule has 2 N–H and O–H groups in total. The second-order valence-corrected chi connectivity index (χ2v) is 7.00. The van der Waals surface area contributed by atoms with Crippen molar-refractivity contribution in [1.82, 2.24) is 15.0 Å². The zero-order valence-electron chi connectivity index (χ0n) is 11.3. The molecule has 2 rings (SSSR count). The molecule has 0 amide bonds. The molecule has 0 saturated heterocycles. The van der Waals surface area contributed by atoms with Crippen molar-refractivity contribution < 1.29 is 12.8 Å². The van der Waals surface area contributed by atoms with Crippen LogP contribution in [0.3, 0.4) is 0 Å². The second kappa shape index (κ2) is 6.49. The highest BCUT2D eigenvalue weighted by Crippen LogP contribution is 2.13. The van der Waals surface area contributed by atoms with Crippen LogP contribution in [0.15, 0.2) is 27.0 Å². The van der Waals surface area contributed by atoms with Gasteiger partial charge < -0.3 is 9.73 Å². The molecule has 6 nitrogen and oxygen atoms in total. The lowest BCUT2D eigenvalue weighted by Crippen LogP contribution is -2.18. The number of sulfonamides is 1. The molecule has 0 radical (unpaired) electrons. The van der Waals surface area contributed by atoms with Gasteiger partial charge in [-0.05, 0) is 26.1 Å². The van der Waals surface area contributed by atoms with Crippen LogP contribution >= 0.6 is 11.3 Å². The van der Waals surface area contributed by atoms with Crippen molar-refractivity contribution in [1.29, 1.82) is 0 Å². The summed E-state index contributed by atoms with van der Waals surface area (Å²) < 4.78 is 30.5. The summed E-state index contributed by atoms with van der Waals surface area (Å²) >= 11 is 1.64. The van der Waals surface area contributed by atoms with Crippen molar-refractivity contribution in [2.45, 2.75) is 25.0 Å². The molecule has 2 aromatic heterocycles. The van der Waals surface area contributed by atoms with Crippen LogP contribution < -0.4 is 10.0 Å². The van der Waals surface area contributed by atoms with E-state index in [-0.39, 0.29) is 5.09 Å². The first kappa shape index (κ1) is 15.2. The number of rotatable bonds is 7. The monoisotopic (exact) mass is 315 g/mol. The zero-order valence-corrected chi connectivity index (χ0v) is 13.0. The van der Waals surface area contributed by atoms with Gasteiger partial charge in [-0.15, -0.1) is 11.3 Å². The van der Waals surface area contributed by atoms with Crippen LogP contribution in [0.25, 0.3) is 0 Å². The van der Waals surface area contributed by atoms with E-state index in [0.29, 0.717) is 12.3 Å². The molecule has 0 aliphatic heterocycles. The molecule has 110 valence electrons. The molecule has 2 aromatic rings. The van der Waals surface area contributed by atoms with Gasteiger partial charge in [-0.2, -0.15) is 0 Å². The Kier molecular flexibility index (Phi) is 4.92.